The Labute approximate surface area is 114 Å². The molecule has 1 aromatic heterocycles. The average Bonchev–Trinajstić information content (AvgIpc) is 2.89. The first-order valence-electron chi connectivity index (χ1n) is 6.54. The molecule has 1 aliphatic heterocycles. The van der Waals surface area contributed by atoms with Crippen molar-refractivity contribution in [2.45, 2.75) is 25.6 Å². The van der Waals surface area contributed by atoms with Crippen molar-refractivity contribution in [1.29, 1.82) is 0 Å². The van der Waals surface area contributed by atoms with Crippen LogP contribution in [0.1, 0.15) is 18.6 Å². The van der Waals surface area contributed by atoms with Gasteiger partial charge in [0.2, 0.25) is 5.91 Å². The quantitative estimate of drug-likeness (QED) is 0.924. The number of nitrogens with zero attached hydrogens (tertiary/aromatic N) is 1. The van der Waals surface area contributed by atoms with E-state index in [9.17, 15) is 18.0 Å². The fourth-order valence-electron chi connectivity index (χ4n) is 2.34. The van der Waals surface area contributed by atoms with E-state index >= 15 is 0 Å². The standard InChI is InChI=1S/C13H17F3N2O2/c14-13(15,16)9-18(8-11-4-2-6-20-11)12(19)10-3-1-5-17-7-10/h2,4,6,10,17H,1,3,5,7-9H2. The van der Waals surface area contributed by atoms with Crippen LogP contribution in [-0.2, 0) is 11.3 Å². The maximum absolute atomic E-state index is 12.6. The molecule has 1 saturated heterocycles. The second kappa shape index (κ2) is 6.30. The number of carbonyl (C=O) groups is 1. The first kappa shape index (κ1) is 14.9. The van der Waals surface area contributed by atoms with E-state index in [2.05, 4.69) is 5.32 Å². The monoisotopic (exact) mass is 290 g/mol. The lowest BCUT2D eigenvalue weighted by molar-refractivity contribution is -0.165. The number of hydrogen-bond acceptors (Lipinski definition) is 3. The van der Waals surface area contributed by atoms with E-state index in [1.807, 2.05) is 0 Å². The predicted molar refractivity (Wildman–Crippen MR) is 65.8 cm³/mol. The number of amides is 1. The van der Waals surface area contributed by atoms with Gasteiger partial charge in [0.25, 0.3) is 0 Å². The second-order valence-corrected chi connectivity index (χ2v) is 4.93. The molecule has 1 aliphatic rings. The van der Waals surface area contributed by atoms with Crippen LogP contribution in [0.15, 0.2) is 22.8 Å². The van der Waals surface area contributed by atoms with Gasteiger partial charge in [-0.1, -0.05) is 0 Å². The number of halogens is 3. The Kier molecular flexibility index (Phi) is 4.69. The summed E-state index contributed by atoms with van der Waals surface area (Å²) in [6, 6.07) is 3.16. The van der Waals surface area contributed by atoms with E-state index in [1.54, 1.807) is 12.1 Å². The minimum Gasteiger partial charge on any atom is -0.467 e. The molecule has 1 unspecified atom stereocenters. The summed E-state index contributed by atoms with van der Waals surface area (Å²) in [4.78, 5) is 13.1. The molecule has 7 heteroatoms. The number of nitrogens with one attached hydrogen (secondary N) is 1. The minimum atomic E-state index is -4.41. The van der Waals surface area contributed by atoms with Crippen LogP contribution in [0.3, 0.4) is 0 Å². The lowest BCUT2D eigenvalue weighted by Gasteiger charge is -2.29. The van der Waals surface area contributed by atoms with Crippen molar-refractivity contribution in [2.75, 3.05) is 19.6 Å². The second-order valence-electron chi connectivity index (χ2n) is 4.93. The summed E-state index contributed by atoms with van der Waals surface area (Å²) < 4.78 is 42.9. The van der Waals surface area contributed by atoms with Crippen LogP contribution in [-0.4, -0.2) is 36.6 Å². The predicted octanol–water partition coefficient (Wildman–Crippen LogP) is 2.17. The molecule has 0 spiro atoms. The maximum atomic E-state index is 12.6. The molecule has 0 aromatic carbocycles. The lowest BCUT2D eigenvalue weighted by Crippen LogP contribution is -2.45. The fourth-order valence-corrected chi connectivity index (χ4v) is 2.34. The highest BCUT2D eigenvalue weighted by Gasteiger charge is 2.36. The molecule has 20 heavy (non-hydrogen) atoms. The molecule has 1 amide bonds. The van der Waals surface area contributed by atoms with Gasteiger partial charge in [-0.15, -0.1) is 0 Å². The smallest absolute Gasteiger partial charge is 0.406 e. The summed E-state index contributed by atoms with van der Waals surface area (Å²) in [5, 5.41) is 3.04. The molecular weight excluding hydrogens is 273 g/mol. The van der Waals surface area contributed by atoms with Crippen LogP contribution >= 0.6 is 0 Å². The molecule has 1 aromatic rings. The summed E-state index contributed by atoms with van der Waals surface area (Å²) in [6.07, 6.45) is -1.60. The molecule has 0 saturated carbocycles. The molecule has 2 rings (SSSR count). The molecular formula is C13H17F3N2O2. The van der Waals surface area contributed by atoms with Gasteiger partial charge in [-0.25, -0.2) is 0 Å². The van der Waals surface area contributed by atoms with Gasteiger partial charge < -0.3 is 14.6 Å². The van der Waals surface area contributed by atoms with Gasteiger partial charge in [-0.2, -0.15) is 13.2 Å². The Morgan fingerprint density at radius 3 is 2.85 bits per heavy atom. The third-order valence-electron chi connectivity index (χ3n) is 3.25. The molecule has 0 bridgehead atoms. The summed E-state index contributed by atoms with van der Waals surface area (Å²) in [5.74, 6) is -0.502. The Morgan fingerprint density at radius 2 is 2.30 bits per heavy atom. The Bertz CT molecular complexity index is 425. The minimum absolute atomic E-state index is 0.151. The van der Waals surface area contributed by atoms with Gasteiger partial charge in [0, 0.05) is 6.54 Å². The first-order chi connectivity index (χ1) is 9.46. The van der Waals surface area contributed by atoms with Crippen molar-refractivity contribution in [3.63, 3.8) is 0 Å². The van der Waals surface area contributed by atoms with Gasteiger partial charge in [0.05, 0.1) is 18.7 Å². The van der Waals surface area contributed by atoms with Crippen molar-refractivity contribution in [3.05, 3.63) is 24.2 Å². The van der Waals surface area contributed by atoms with Crippen LogP contribution in [0.25, 0.3) is 0 Å². The van der Waals surface area contributed by atoms with Crippen LogP contribution in [0.5, 0.6) is 0 Å². The number of piperidine rings is 1. The Balaban J connectivity index is 2.06. The highest BCUT2D eigenvalue weighted by Crippen LogP contribution is 2.22. The normalized spacial score (nSPS) is 19.9. The molecule has 1 fully saturated rings. The van der Waals surface area contributed by atoms with Crippen molar-refractivity contribution >= 4 is 5.91 Å². The van der Waals surface area contributed by atoms with E-state index in [0.29, 0.717) is 18.7 Å². The van der Waals surface area contributed by atoms with Crippen molar-refractivity contribution < 1.29 is 22.4 Å². The van der Waals surface area contributed by atoms with Gasteiger partial charge in [-0.3, -0.25) is 4.79 Å². The van der Waals surface area contributed by atoms with E-state index in [1.165, 1.54) is 6.26 Å². The molecule has 1 N–H and O–H groups in total. The number of furan rings is 1. The zero-order valence-electron chi connectivity index (χ0n) is 10.9. The summed E-state index contributed by atoms with van der Waals surface area (Å²) in [6.45, 7) is -0.155. The van der Waals surface area contributed by atoms with E-state index in [-0.39, 0.29) is 12.5 Å². The highest BCUT2D eigenvalue weighted by molar-refractivity contribution is 5.79. The summed E-state index contributed by atoms with van der Waals surface area (Å²) in [7, 11) is 0. The average molecular weight is 290 g/mol. The fraction of sp³-hybridized carbons (Fsp3) is 0.615. The van der Waals surface area contributed by atoms with Gasteiger partial charge in [0.1, 0.15) is 12.3 Å². The third kappa shape index (κ3) is 4.26. The van der Waals surface area contributed by atoms with Gasteiger partial charge >= 0.3 is 6.18 Å². The number of alkyl halides is 3. The maximum Gasteiger partial charge on any atom is 0.406 e. The third-order valence-corrected chi connectivity index (χ3v) is 3.25. The lowest BCUT2D eigenvalue weighted by atomic mass is 9.98. The molecule has 2 heterocycles. The van der Waals surface area contributed by atoms with E-state index in [4.69, 9.17) is 4.42 Å². The van der Waals surface area contributed by atoms with Crippen LogP contribution in [0.4, 0.5) is 13.2 Å². The zero-order chi connectivity index (χ0) is 14.6. The van der Waals surface area contributed by atoms with E-state index in [0.717, 1.165) is 17.9 Å². The zero-order valence-corrected chi connectivity index (χ0v) is 10.9. The van der Waals surface area contributed by atoms with E-state index < -0.39 is 18.6 Å². The molecule has 1 atom stereocenters. The van der Waals surface area contributed by atoms with Crippen LogP contribution in [0, 0.1) is 5.92 Å². The van der Waals surface area contributed by atoms with Crippen LogP contribution < -0.4 is 5.32 Å². The van der Waals surface area contributed by atoms with Crippen molar-refractivity contribution in [1.82, 2.24) is 10.2 Å². The number of hydrogen-bond donors (Lipinski definition) is 1. The molecule has 4 nitrogen and oxygen atoms in total. The molecule has 0 aliphatic carbocycles. The largest absolute Gasteiger partial charge is 0.467 e. The number of rotatable bonds is 4. The SMILES string of the molecule is O=C(C1CCCNC1)N(Cc1ccco1)CC(F)(F)F. The van der Waals surface area contributed by atoms with Gasteiger partial charge in [0.15, 0.2) is 0 Å². The summed E-state index contributed by atoms with van der Waals surface area (Å²) >= 11 is 0. The molecule has 0 radical (unpaired) electrons. The van der Waals surface area contributed by atoms with Gasteiger partial charge in [-0.05, 0) is 31.5 Å². The molecule has 112 valence electrons. The Hall–Kier alpha value is -1.50. The van der Waals surface area contributed by atoms with Crippen molar-refractivity contribution in [2.24, 2.45) is 5.92 Å². The Morgan fingerprint density at radius 1 is 1.50 bits per heavy atom. The topological polar surface area (TPSA) is 45.5 Å². The highest BCUT2D eigenvalue weighted by atomic mass is 19.4. The van der Waals surface area contributed by atoms with Crippen LogP contribution in [0.2, 0.25) is 0 Å². The number of carbonyl (C=O) groups excluding carboxylic acids is 1. The summed E-state index contributed by atoms with van der Waals surface area (Å²) in [5.41, 5.74) is 0. The first-order valence-corrected chi connectivity index (χ1v) is 6.54. The van der Waals surface area contributed by atoms with Crippen molar-refractivity contribution in [3.8, 4) is 0 Å².